The summed E-state index contributed by atoms with van der Waals surface area (Å²) in [6, 6.07) is 10.2. The van der Waals surface area contributed by atoms with E-state index in [-0.39, 0.29) is 6.09 Å². The molecule has 7 nitrogen and oxygen atoms in total. The first-order valence-corrected chi connectivity index (χ1v) is 12.2. The Hall–Kier alpha value is -2.93. The highest BCUT2D eigenvalue weighted by Gasteiger charge is 2.27. The molecule has 3 aromatic rings. The van der Waals surface area contributed by atoms with Crippen molar-refractivity contribution in [3.8, 4) is 11.3 Å². The van der Waals surface area contributed by atoms with Gasteiger partial charge in [0, 0.05) is 42.3 Å². The van der Waals surface area contributed by atoms with E-state index in [4.69, 9.17) is 9.26 Å². The predicted molar refractivity (Wildman–Crippen MR) is 133 cm³/mol. The Morgan fingerprint density at radius 2 is 1.94 bits per heavy atom. The number of hydrogen-bond acceptors (Lipinski definition) is 6. The SMILES string of the molecule is CN(C)Cc1c(-c2ccccn2)ccc2c(CCC3CCN(C(=O)OC(C)(C)C)CC3)noc12. The highest BCUT2D eigenvalue weighted by molar-refractivity contribution is 5.88. The van der Waals surface area contributed by atoms with Gasteiger partial charge in [0.1, 0.15) is 5.60 Å². The lowest BCUT2D eigenvalue weighted by Crippen LogP contribution is -2.41. The van der Waals surface area contributed by atoms with E-state index in [1.54, 1.807) is 0 Å². The average Bonchev–Trinajstić information content (AvgIpc) is 3.21. The van der Waals surface area contributed by atoms with Crippen molar-refractivity contribution in [2.45, 2.75) is 58.6 Å². The molecule has 0 radical (unpaired) electrons. The number of benzene rings is 1. The Morgan fingerprint density at radius 3 is 2.59 bits per heavy atom. The summed E-state index contributed by atoms with van der Waals surface area (Å²) >= 11 is 0. The number of fused-ring (bicyclic) bond motifs is 1. The van der Waals surface area contributed by atoms with Gasteiger partial charge in [0.25, 0.3) is 0 Å². The van der Waals surface area contributed by atoms with E-state index in [1.165, 1.54) is 0 Å². The van der Waals surface area contributed by atoms with E-state index in [1.807, 2.05) is 50.1 Å². The number of aromatic nitrogens is 2. The number of aryl methyl sites for hydroxylation is 1. The number of nitrogens with zero attached hydrogens (tertiary/aromatic N) is 4. The summed E-state index contributed by atoms with van der Waals surface area (Å²) in [5.74, 6) is 0.569. The Labute approximate surface area is 202 Å². The van der Waals surface area contributed by atoms with Crippen LogP contribution in [0.2, 0.25) is 0 Å². The van der Waals surface area contributed by atoms with Crippen molar-refractivity contribution < 1.29 is 14.1 Å². The van der Waals surface area contributed by atoms with E-state index >= 15 is 0 Å². The second kappa shape index (κ2) is 10.1. The van der Waals surface area contributed by atoms with Crippen LogP contribution in [0.5, 0.6) is 0 Å². The maximum Gasteiger partial charge on any atom is 0.410 e. The van der Waals surface area contributed by atoms with Crippen LogP contribution in [-0.2, 0) is 17.7 Å². The van der Waals surface area contributed by atoms with Gasteiger partial charge in [-0.15, -0.1) is 0 Å². The first-order valence-electron chi connectivity index (χ1n) is 12.2. The summed E-state index contributed by atoms with van der Waals surface area (Å²) in [6.07, 6.45) is 5.50. The zero-order valence-electron chi connectivity index (χ0n) is 21.0. The molecule has 0 N–H and O–H groups in total. The van der Waals surface area contributed by atoms with Crippen LogP contribution in [0.3, 0.4) is 0 Å². The van der Waals surface area contributed by atoms with Crippen LogP contribution in [0.1, 0.15) is 51.3 Å². The van der Waals surface area contributed by atoms with E-state index in [2.05, 4.69) is 41.3 Å². The summed E-state index contributed by atoms with van der Waals surface area (Å²) in [5, 5.41) is 5.55. The van der Waals surface area contributed by atoms with Crippen LogP contribution in [-0.4, -0.2) is 58.8 Å². The van der Waals surface area contributed by atoms with Gasteiger partial charge < -0.3 is 19.1 Å². The van der Waals surface area contributed by atoms with Crippen LogP contribution < -0.4 is 0 Å². The summed E-state index contributed by atoms with van der Waals surface area (Å²) in [6.45, 7) is 7.97. The molecule has 182 valence electrons. The molecule has 1 saturated heterocycles. The van der Waals surface area contributed by atoms with Gasteiger partial charge in [-0.05, 0) is 84.7 Å². The van der Waals surface area contributed by atoms with Crippen molar-refractivity contribution in [1.29, 1.82) is 0 Å². The molecule has 2 aromatic heterocycles. The molecule has 0 atom stereocenters. The van der Waals surface area contributed by atoms with Crippen molar-refractivity contribution in [3.05, 3.63) is 47.8 Å². The fourth-order valence-electron chi connectivity index (χ4n) is 4.60. The number of rotatable bonds is 6. The van der Waals surface area contributed by atoms with Crippen LogP contribution in [0, 0.1) is 5.92 Å². The lowest BCUT2D eigenvalue weighted by atomic mass is 9.91. The van der Waals surface area contributed by atoms with Crippen LogP contribution in [0.25, 0.3) is 22.2 Å². The molecule has 1 aliphatic rings. The second-order valence-electron chi connectivity index (χ2n) is 10.5. The second-order valence-corrected chi connectivity index (χ2v) is 10.5. The minimum Gasteiger partial charge on any atom is -0.444 e. The van der Waals surface area contributed by atoms with Crippen LogP contribution >= 0.6 is 0 Å². The van der Waals surface area contributed by atoms with Gasteiger partial charge in [-0.3, -0.25) is 4.98 Å². The highest BCUT2D eigenvalue weighted by Crippen LogP contribution is 2.33. The zero-order valence-corrected chi connectivity index (χ0v) is 21.0. The summed E-state index contributed by atoms with van der Waals surface area (Å²) in [5.41, 5.74) is 4.55. The fourth-order valence-corrected chi connectivity index (χ4v) is 4.60. The molecule has 1 aromatic carbocycles. The molecular weight excluding hydrogens is 428 g/mol. The molecule has 0 unspecified atom stereocenters. The minimum atomic E-state index is -0.455. The molecule has 34 heavy (non-hydrogen) atoms. The number of pyridine rings is 1. The Kier molecular flexibility index (Phi) is 7.22. The lowest BCUT2D eigenvalue weighted by molar-refractivity contribution is 0.0181. The van der Waals surface area contributed by atoms with Crippen molar-refractivity contribution in [3.63, 3.8) is 0 Å². The fraction of sp³-hybridized carbons (Fsp3) is 0.519. The number of amides is 1. The molecule has 1 amide bonds. The third-order valence-corrected chi connectivity index (χ3v) is 6.29. The first-order chi connectivity index (χ1) is 16.2. The summed E-state index contributed by atoms with van der Waals surface area (Å²) in [7, 11) is 4.11. The zero-order chi connectivity index (χ0) is 24.3. The molecule has 0 bridgehead atoms. The van der Waals surface area contributed by atoms with Crippen molar-refractivity contribution in [2.24, 2.45) is 5.92 Å². The first kappa shape index (κ1) is 24.2. The van der Waals surface area contributed by atoms with Crippen molar-refractivity contribution >= 4 is 17.1 Å². The number of ether oxygens (including phenoxy) is 1. The maximum atomic E-state index is 12.3. The molecule has 0 saturated carbocycles. The average molecular weight is 465 g/mol. The smallest absolute Gasteiger partial charge is 0.410 e. The normalized spacial score (nSPS) is 15.3. The van der Waals surface area contributed by atoms with Crippen LogP contribution in [0.15, 0.2) is 41.1 Å². The molecule has 0 aliphatic carbocycles. The van der Waals surface area contributed by atoms with Gasteiger partial charge in [0.2, 0.25) is 0 Å². The molecular formula is C27H36N4O3. The maximum absolute atomic E-state index is 12.3. The largest absolute Gasteiger partial charge is 0.444 e. The van der Waals surface area contributed by atoms with Gasteiger partial charge in [-0.25, -0.2) is 4.79 Å². The molecule has 1 fully saturated rings. The number of hydrogen-bond donors (Lipinski definition) is 0. The van der Waals surface area contributed by atoms with E-state index in [0.717, 1.165) is 78.8 Å². The molecule has 4 rings (SSSR count). The highest BCUT2D eigenvalue weighted by atomic mass is 16.6. The number of carbonyl (C=O) groups is 1. The Balaban J connectivity index is 1.44. The standard InChI is InChI=1S/C27H36N4O3/c1-27(2,3)33-26(32)31-16-13-19(14-17-31)9-12-24-21-11-10-20(23-8-6-7-15-28-23)22(18-30(4)5)25(21)34-29-24/h6-8,10-11,15,19H,9,12-14,16-18H2,1-5H3. The van der Waals surface area contributed by atoms with Crippen LogP contribution in [0.4, 0.5) is 4.79 Å². The quantitative estimate of drug-likeness (QED) is 0.478. The van der Waals surface area contributed by atoms with Gasteiger partial charge in [0.15, 0.2) is 5.58 Å². The van der Waals surface area contributed by atoms with Gasteiger partial charge in [-0.1, -0.05) is 17.3 Å². The third kappa shape index (κ3) is 5.76. The topological polar surface area (TPSA) is 71.7 Å². The minimum absolute atomic E-state index is 0.203. The van der Waals surface area contributed by atoms with E-state index in [0.29, 0.717) is 5.92 Å². The number of piperidine rings is 1. The molecule has 7 heteroatoms. The summed E-state index contributed by atoms with van der Waals surface area (Å²) < 4.78 is 11.4. The van der Waals surface area contributed by atoms with Crippen molar-refractivity contribution in [1.82, 2.24) is 19.9 Å². The Morgan fingerprint density at radius 1 is 1.18 bits per heavy atom. The summed E-state index contributed by atoms with van der Waals surface area (Å²) in [4.78, 5) is 20.8. The molecule has 3 heterocycles. The van der Waals surface area contributed by atoms with Gasteiger partial charge >= 0.3 is 6.09 Å². The third-order valence-electron chi connectivity index (χ3n) is 6.29. The predicted octanol–water partition coefficient (Wildman–Crippen LogP) is 5.53. The Bertz CT molecular complexity index is 1110. The van der Waals surface area contributed by atoms with Gasteiger partial charge in [0.05, 0.1) is 11.4 Å². The number of carbonyl (C=O) groups excluding carboxylic acids is 1. The lowest BCUT2D eigenvalue weighted by Gasteiger charge is -2.33. The monoisotopic (exact) mass is 464 g/mol. The molecule has 0 spiro atoms. The van der Waals surface area contributed by atoms with E-state index in [9.17, 15) is 4.79 Å². The van der Waals surface area contributed by atoms with Gasteiger partial charge in [-0.2, -0.15) is 0 Å². The van der Waals surface area contributed by atoms with E-state index < -0.39 is 5.60 Å². The van der Waals surface area contributed by atoms with Crippen molar-refractivity contribution in [2.75, 3.05) is 27.2 Å². The number of likely N-dealkylation sites (tertiary alicyclic amines) is 1. The molecule has 1 aliphatic heterocycles.